The number of rotatable bonds is 2. The smallest absolute Gasteiger partial charge is 0.362 e. The second-order valence-electron chi connectivity index (χ2n) is 5.05. The third kappa shape index (κ3) is 2.35. The minimum absolute atomic E-state index is 0.0176. The first-order valence-corrected chi connectivity index (χ1v) is 7.57. The van der Waals surface area contributed by atoms with E-state index in [-0.39, 0.29) is 16.6 Å². The number of anilines is 1. The number of hydrogen-bond acceptors (Lipinski definition) is 7. The van der Waals surface area contributed by atoms with E-state index in [4.69, 9.17) is 9.62 Å². The first-order chi connectivity index (χ1) is 11.5. The van der Waals surface area contributed by atoms with Crippen LogP contribution in [0, 0.1) is 5.21 Å². The van der Waals surface area contributed by atoms with E-state index in [2.05, 4.69) is 26.2 Å². The first kappa shape index (κ1) is 14.8. The van der Waals surface area contributed by atoms with E-state index in [1.807, 2.05) is 6.07 Å². The van der Waals surface area contributed by atoms with Crippen LogP contribution in [0.3, 0.4) is 0 Å². The monoisotopic (exact) mass is 387 g/mol. The molecule has 0 aliphatic rings. The van der Waals surface area contributed by atoms with Gasteiger partial charge in [-0.1, -0.05) is 21.1 Å². The highest BCUT2D eigenvalue weighted by atomic mass is 79.9. The molecule has 0 saturated heterocycles. The summed E-state index contributed by atoms with van der Waals surface area (Å²) in [6.45, 7) is 0. The molecule has 4 rings (SSSR count). The molecule has 0 radical (unpaired) electrons. The van der Waals surface area contributed by atoms with Crippen LogP contribution in [0.15, 0.2) is 56.1 Å². The molecule has 0 bridgehead atoms. The van der Waals surface area contributed by atoms with Gasteiger partial charge in [0.05, 0.1) is 11.2 Å². The lowest BCUT2D eigenvalue weighted by Gasteiger charge is -2.20. The molecule has 0 fully saturated rings. The number of hydrogen-bond donors (Lipinski definition) is 1. The van der Waals surface area contributed by atoms with Crippen LogP contribution in [-0.4, -0.2) is 20.2 Å². The maximum absolute atomic E-state index is 12.3. The summed E-state index contributed by atoms with van der Waals surface area (Å²) in [6.07, 6.45) is 0. The van der Waals surface area contributed by atoms with Crippen molar-refractivity contribution in [1.29, 1.82) is 0 Å². The topological polar surface area (TPSA) is 107 Å². The van der Waals surface area contributed by atoms with E-state index < -0.39 is 5.63 Å². The van der Waals surface area contributed by atoms with Crippen LogP contribution in [0.25, 0.3) is 27.7 Å². The van der Waals surface area contributed by atoms with Crippen molar-refractivity contribution in [1.82, 2.24) is 15.0 Å². The molecule has 0 saturated carbocycles. The fraction of sp³-hybridized carbons (Fsp3) is 0. The number of halogens is 1. The normalized spacial score (nSPS) is 11.3. The van der Waals surface area contributed by atoms with E-state index in [0.717, 1.165) is 9.86 Å². The molecule has 0 aliphatic carbocycles. The lowest BCUT2D eigenvalue weighted by molar-refractivity contribution is 0.296. The minimum Gasteiger partial charge on any atom is -0.733 e. The van der Waals surface area contributed by atoms with Crippen molar-refractivity contribution in [2.75, 3.05) is 5.23 Å². The molecule has 0 spiro atoms. The summed E-state index contributed by atoms with van der Waals surface area (Å²) in [4.78, 5) is 12.3. The SMILES string of the molecule is O=c1oc2ccc(Br)cc2cc1-n1nnc2cc(N([O-])O)ccc21. The van der Waals surface area contributed by atoms with Crippen molar-refractivity contribution in [3.8, 4) is 5.69 Å². The molecule has 9 heteroatoms. The van der Waals surface area contributed by atoms with Crippen LogP contribution in [0.4, 0.5) is 5.69 Å². The summed E-state index contributed by atoms with van der Waals surface area (Å²) >= 11 is 3.37. The van der Waals surface area contributed by atoms with Crippen LogP contribution < -0.4 is 10.9 Å². The van der Waals surface area contributed by atoms with E-state index in [9.17, 15) is 10.0 Å². The predicted molar refractivity (Wildman–Crippen MR) is 90.2 cm³/mol. The number of fused-ring (bicyclic) bond motifs is 2. The van der Waals surface area contributed by atoms with Crippen molar-refractivity contribution in [3.05, 3.63) is 62.6 Å². The molecule has 24 heavy (non-hydrogen) atoms. The molecule has 8 nitrogen and oxygen atoms in total. The summed E-state index contributed by atoms with van der Waals surface area (Å²) in [5.41, 5.74) is 0.968. The highest BCUT2D eigenvalue weighted by molar-refractivity contribution is 9.10. The molecule has 0 amide bonds. The van der Waals surface area contributed by atoms with Gasteiger partial charge in [-0.2, -0.15) is 0 Å². The average Bonchev–Trinajstić information content (AvgIpc) is 2.97. The lowest BCUT2D eigenvalue weighted by Crippen LogP contribution is -2.11. The van der Waals surface area contributed by atoms with Crippen LogP contribution in [0.5, 0.6) is 0 Å². The molecule has 2 aromatic heterocycles. The predicted octanol–water partition coefficient (Wildman–Crippen LogP) is 2.98. The quantitative estimate of drug-likeness (QED) is 0.416. The summed E-state index contributed by atoms with van der Waals surface area (Å²) in [7, 11) is 0. The molecule has 2 aromatic carbocycles. The zero-order chi connectivity index (χ0) is 16.8. The van der Waals surface area contributed by atoms with Gasteiger partial charge in [-0.15, -0.1) is 5.10 Å². The maximum atomic E-state index is 12.3. The highest BCUT2D eigenvalue weighted by Gasteiger charge is 2.13. The Morgan fingerprint density at radius 3 is 2.83 bits per heavy atom. The van der Waals surface area contributed by atoms with Gasteiger partial charge in [0.15, 0.2) is 5.69 Å². The summed E-state index contributed by atoms with van der Waals surface area (Å²) in [6, 6.07) is 11.2. The van der Waals surface area contributed by atoms with Gasteiger partial charge in [-0.05, 0) is 42.5 Å². The van der Waals surface area contributed by atoms with Gasteiger partial charge in [0.25, 0.3) is 0 Å². The maximum Gasteiger partial charge on any atom is 0.362 e. The number of benzene rings is 2. The van der Waals surface area contributed by atoms with E-state index in [1.165, 1.54) is 22.9 Å². The zero-order valence-corrected chi connectivity index (χ0v) is 13.5. The standard InChI is InChI=1S/C15H8BrN4O4/c16-9-1-4-14-8(5-9)6-13(15(21)24-14)19-12-3-2-10(20(22)23)7-11(12)17-18-19/h1-7,22H/q-1. The third-order valence-corrected chi connectivity index (χ3v) is 4.05. The Morgan fingerprint density at radius 1 is 1.21 bits per heavy atom. The van der Waals surface area contributed by atoms with Crippen molar-refractivity contribution in [2.45, 2.75) is 0 Å². The van der Waals surface area contributed by atoms with Gasteiger partial charge < -0.3 is 14.9 Å². The molecule has 2 heterocycles. The second kappa shape index (κ2) is 5.41. The Morgan fingerprint density at radius 2 is 2.04 bits per heavy atom. The van der Waals surface area contributed by atoms with E-state index in [1.54, 1.807) is 18.2 Å². The molecule has 0 atom stereocenters. The number of aromatic nitrogens is 3. The Hall–Kier alpha value is -2.75. The Labute approximate surface area is 142 Å². The minimum atomic E-state index is -0.562. The van der Waals surface area contributed by atoms with Crippen molar-refractivity contribution < 1.29 is 9.62 Å². The van der Waals surface area contributed by atoms with Crippen molar-refractivity contribution in [3.63, 3.8) is 0 Å². The van der Waals surface area contributed by atoms with Crippen molar-refractivity contribution in [2.24, 2.45) is 0 Å². The lowest BCUT2D eigenvalue weighted by atomic mass is 10.2. The van der Waals surface area contributed by atoms with Gasteiger partial charge in [-0.25, -0.2) is 9.48 Å². The van der Waals surface area contributed by atoms with Gasteiger partial charge in [0, 0.05) is 9.86 Å². The van der Waals surface area contributed by atoms with Crippen LogP contribution >= 0.6 is 15.9 Å². The van der Waals surface area contributed by atoms with E-state index in [0.29, 0.717) is 16.6 Å². The molecule has 0 aliphatic heterocycles. The largest absolute Gasteiger partial charge is 0.733 e. The van der Waals surface area contributed by atoms with Crippen LogP contribution in [-0.2, 0) is 0 Å². The molecule has 4 aromatic rings. The average molecular weight is 388 g/mol. The van der Waals surface area contributed by atoms with Crippen LogP contribution in [0.2, 0.25) is 0 Å². The van der Waals surface area contributed by atoms with Gasteiger partial charge in [0.1, 0.15) is 11.1 Å². The fourth-order valence-corrected chi connectivity index (χ4v) is 2.82. The molecular formula is C15H8BrN4O4-. The number of nitrogens with zero attached hydrogens (tertiary/aromatic N) is 4. The first-order valence-electron chi connectivity index (χ1n) is 6.78. The van der Waals surface area contributed by atoms with E-state index >= 15 is 0 Å². The van der Waals surface area contributed by atoms with Gasteiger partial charge in [-0.3, -0.25) is 5.21 Å². The van der Waals surface area contributed by atoms with Crippen LogP contribution in [0.1, 0.15) is 0 Å². The third-order valence-electron chi connectivity index (χ3n) is 3.55. The molecular weight excluding hydrogens is 380 g/mol. The zero-order valence-electron chi connectivity index (χ0n) is 11.9. The Kier molecular flexibility index (Phi) is 3.34. The second-order valence-corrected chi connectivity index (χ2v) is 5.96. The van der Waals surface area contributed by atoms with Crippen molar-refractivity contribution >= 4 is 43.6 Å². The molecule has 0 unspecified atom stereocenters. The summed E-state index contributed by atoms with van der Waals surface area (Å²) in [5, 5.41) is 28.2. The Bertz CT molecular complexity index is 1140. The van der Waals surface area contributed by atoms with Gasteiger partial charge >= 0.3 is 5.63 Å². The fourth-order valence-electron chi connectivity index (χ4n) is 2.44. The highest BCUT2D eigenvalue weighted by Crippen LogP contribution is 2.23. The molecule has 120 valence electrons. The summed E-state index contributed by atoms with van der Waals surface area (Å²) < 4.78 is 7.50. The molecule has 1 N–H and O–H groups in total. The Balaban J connectivity index is 1.95. The summed E-state index contributed by atoms with van der Waals surface area (Å²) in [5.74, 6) is 0. The van der Waals surface area contributed by atoms with Gasteiger partial charge in [0.2, 0.25) is 0 Å².